The van der Waals surface area contributed by atoms with Crippen molar-refractivity contribution < 1.29 is 19.7 Å². The molecule has 0 heterocycles. The number of likely N-dealkylation sites (N-methyl/N-ethyl adjacent to an activating group) is 1. The Morgan fingerprint density at radius 1 is 1.18 bits per heavy atom. The van der Waals surface area contributed by atoms with E-state index in [1.165, 1.54) is 5.56 Å². The van der Waals surface area contributed by atoms with Crippen LogP contribution in [0.1, 0.15) is 73.8 Å². The molecular weight excluding hydrogens is 416 g/mol. The van der Waals surface area contributed by atoms with Crippen LogP contribution in [0.4, 0.5) is 0 Å². The Hall–Kier alpha value is -2.34. The highest BCUT2D eigenvalue weighted by molar-refractivity contribution is 5.66. The van der Waals surface area contributed by atoms with Crippen LogP contribution < -0.4 is 0 Å². The number of rotatable bonds is 11. The quantitative estimate of drug-likeness (QED) is 0.219. The fourth-order valence-corrected chi connectivity index (χ4v) is 2.32. The second-order valence-electron chi connectivity index (χ2n) is 8.41. The smallest absolute Gasteiger partial charge is 0.303 e. The van der Waals surface area contributed by atoms with Gasteiger partial charge in [0.05, 0.1) is 11.9 Å². The second kappa shape index (κ2) is 21.5. The highest BCUT2D eigenvalue weighted by atomic mass is 16.5. The number of ether oxygens (including phenoxy) is 1. The zero-order valence-electron chi connectivity index (χ0n) is 22.6. The van der Waals surface area contributed by atoms with Crippen molar-refractivity contribution in [2.45, 2.75) is 86.8 Å². The van der Waals surface area contributed by atoms with Gasteiger partial charge in [-0.3, -0.25) is 9.79 Å². The Bertz CT molecular complexity index is 592. The average molecular weight is 467 g/mol. The van der Waals surface area contributed by atoms with Crippen molar-refractivity contribution in [2.75, 3.05) is 19.7 Å². The molecule has 1 atom stereocenters. The Morgan fingerprint density at radius 3 is 2.09 bits per heavy atom. The van der Waals surface area contributed by atoms with Gasteiger partial charge < -0.3 is 19.8 Å². The number of benzene rings is 1. The van der Waals surface area contributed by atoms with Gasteiger partial charge in [-0.2, -0.15) is 0 Å². The highest BCUT2D eigenvalue weighted by Gasteiger charge is 2.21. The number of hydrogen-bond acceptors (Lipinski definition) is 4. The molecule has 0 aliphatic carbocycles. The number of phenols is 1. The molecule has 0 saturated heterocycles. The number of aliphatic carboxylic acids is 1. The molecule has 192 valence electrons. The predicted octanol–water partition coefficient (Wildman–Crippen LogP) is 6.57. The van der Waals surface area contributed by atoms with Crippen molar-refractivity contribution in [3.8, 4) is 5.75 Å². The van der Waals surface area contributed by atoms with Gasteiger partial charge in [-0.25, -0.2) is 0 Å². The molecule has 0 saturated carbocycles. The molecular formula is C27H50N2O4. The van der Waals surface area contributed by atoms with E-state index in [2.05, 4.69) is 57.7 Å². The summed E-state index contributed by atoms with van der Waals surface area (Å²) in [5.41, 5.74) is 0.944. The molecule has 0 radical (unpaired) electrons. The van der Waals surface area contributed by atoms with Gasteiger partial charge in [0.25, 0.3) is 0 Å². The van der Waals surface area contributed by atoms with Gasteiger partial charge in [0, 0.05) is 32.2 Å². The lowest BCUT2D eigenvalue weighted by Gasteiger charge is -2.32. The summed E-state index contributed by atoms with van der Waals surface area (Å²) in [5.74, 6) is 0.0762. The normalized spacial score (nSPS) is 11.3. The Morgan fingerprint density at radius 2 is 1.70 bits per heavy atom. The molecule has 1 rings (SSSR count). The standard InChI is InChI=1S/C16H32N2O3.C7H8O.C2H6.C2H4/c1-7-18(11-16(5,6)21-10-13(2)3)12-17-14(4)8-9-15(19)20;1-6-2-4-7(8)5-3-6;2*1-2/h12-14H,7-11H2,1-6H3,(H,19,20);2-5,8H,1H3;1-2H3;1-2H2. The van der Waals surface area contributed by atoms with Crippen LogP contribution in [0.5, 0.6) is 5.75 Å². The molecule has 0 fully saturated rings. The van der Waals surface area contributed by atoms with Gasteiger partial charge >= 0.3 is 5.97 Å². The van der Waals surface area contributed by atoms with Crippen LogP contribution in [-0.2, 0) is 9.53 Å². The van der Waals surface area contributed by atoms with E-state index < -0.39 is 5.97 Å². The number of carboxylic acids is 1. The average Bonchev–Trinajstić information content (AvgIpc) is 2.79. The molecule has 33 heavy (non-hydrogen) atoms. The number of phenolic OH excluding ortho intramolecular Hbond substituents is 1. The third-order valence-electron chi connectivity index (χ3n) is 4.09. The maximum Gasteiger partial charge on any atom is 0.303 e. The molecule has 1 unspecified atom stereocenters. The first-order valence-electron chi connectivity index (χ1n) is 11.8. The fraction of sp³-hybridized carbons (Fsp3) is 0.630. The fourth-order valence-electron chi connectivity index (χ4n) is 2.32. The number of aryl methyl sites for hydroxylation is 1. The van der Waals surface area contributed by atoms with Gasteiger partial charge in [-0.1, -0.05) is 45.4 Å². The van der Waals surface area contributed by atoms with E-state index >= 15 is 0 Å². The number of hydrogen-bond donors (Lipinski definition) is 2. The van der Waals surface area contributed by atoms with Gasteiger partial charge in [0.1, 0.15) is 5.75 Å². The van der Waals surface area contributed by atoms with E-state index in [-0.39, 0.29) is 18.1 Å². The van der Waals surface area contributed by atoms with E-state index in [4.69, 9.17) is 14.9 Å². The summed E-state index contributed by atoms with van der Waals surface area (Å²) in [6.45, 7) is 26.8. The van der Waals surface area contributed by atoms with Crippen LogP contribution >= 0.6 is 0 Å². The molecule has 0 bridgehead atoms. The van der Waals surface area contributed by atoms with E-state index in [1.807, 2.05) is 46.2 Å². The summed E-state index contributed by atoms with van der Waals surface area (Å²) >= 11 is 0. The van der Waals surface area contributed by atoms with E-state index in [0.717, 1.165) is 19.7 Å². The van der Waals surface area contributed by atoms with Crippen molar-refractivity contribution in [2.24, 2.45) is 10.9 Å². The van der Waals surface area contributed by atoms with Gasteiger partial charge in [-0.05, 0) is 59.1 Å². The molecule has 0 aromatic heterocycles. The summed E-state index contributed by atoms with van der Waals surface area (Å²) in [5, 5.41) is 17.4. The van der Waals surface area contributed by atoms with E-state index in [0.29, 0.717) is 18.1 Å². The molecule has 2 N–H and O–H groups in total. The molecule has 6 heteroatoms. The maximum absolute atomic E-state index is 10.5. The van der Waals surface area contributed by atoms with Crippen molar-refractivity contribution in [3.63, 3.8) is 0 Å². The number of aliphatic imine (C=N–C) groups is 1. The summed E-state index contributed by atoms with van der Waals surface area (Å²) in [7, 11) is 0. The molecule has 0 aliphatic heterocycles. The zero-order valence-corrected chi connectivity index (χ0v) is 22.6. The predicted molar refractivity (Wildman–Crippen MR) is 142 cm³/mol. The number of aromatic hydroxyl groups is 1. The lowest BCUT2D eigenvalue weighted by molar-refractivity contribution is -0.137. The second-order valence-corrected chi connectivity index (χ2v) is 8.41. The minimum absolute atomic E-state index is 0.0230. The third-order valence-corrected chi connectivity index (χ3v) is 4.09. The van der Waals surface area contributed by atoms with Crippen molar-refractivity contribution in [1.29, 1.82) is 0 Å². The van der Waals surface area contributed by atoms with E-state index in [9.17, 15) is 4.79 Å². The highest BCUT2D eigenvalue weighted by Crippen LogP contribution is 2.13. The lowest BCUT2D eigenvalue weighted by atomic mass is 10.1. The monoisotopic (exact) mass is 466 g/mol. The van der Waals surface area contributed by atoms with Crippen LogP contribution in [0.15, 0.2) is 42.4 Å². The van der Waals surface area contributed by atoms with Crippen molar-refractivity contribution in [1.82, 2.24) is 4.90 Å². The molecule has 0 amide bonds. The maximum atomic E-state index is 10.5. The first kappa shape index (κ1) is 35.3. The van der Waals surface area contributed by atoms with Crippen molar-refractivity contribution in [3.05, 3.63) is 43.0 Å². The van der Waals surface area contributed by atoms with Gasteiger partial charge in [0.15, 0.2) is 0 Å². The van der Waals surface area contributed by atoms with Gasteiger partial charge in [0.2, 0.25) is 0 Å². The SMILES string of the molecule is C=C.CC.CCN(C=NC(C)CCC(=O)O)CC(C)(C)OCC(C)C.Cc1ccc(O)cc1. The first-order valence-corrected chi connectivity index (χ1v) is 11.8. The van der Waals surface area contributed by atoms with E-state index in [1.54, 1.807) is 12.1 Å². The van der Waals surface area contributed by atoms with Crippen LogP contribution in [-0.4, -0.2) is 58.8 Å². The number of nitrogens with zero attached hydrogens (tertiary/aromatic N) is 2. The molecule has 1 aromatic rings. The Balaban J connectivity index is -0.000000615. The number of carbonyl (C=O) groups is 1. The summed E-state index contributed by atoms with van der Waals surface area (Å²) in [6.07, 6.45) is 2.55. The van der Waals surface area contributed by atoms with Crippen molar-refractivity contribution >= 4 is 12.3 Å². The van der Waals surface area contributed by atoms with Crippen LogP contribution in [0.3, 0.4) is 0 Å². The molecule has 0 spiro atoms. The Kier molecular flexibility index (Phi) is 23.0. The third kappa shape index (κ3) is 24.1. The summed E-state index contributed by atoms with van der Waals surface area (Å²) in [6, 6.07) is 7.12. The molecule has 0 aliphatic rings. The number of carboxylic acid groups (broad SMARTS) is 1. The van der Waals surface area contributed by atoms with Crippen LogP contribution in [0.2, 0.25) is 0 Å². The van der Waals surface area contributed by atoms with Gasteiger partial charge in [-0.15, -0.1) is 13.2 Å². The zero-order chi connectivity index (χ0) is 26.4. The largest absolute Gasteiger partial charge is 0.508 e. The summed E-state index contributed by atoms with van der Waals surface area (Å²) < 4.78 is 5.93. The lowest BCUT2D eigenvalue weighted by Crippen LogP contribution is -2.41. The molecule has 6 nitrogen and oxygen atoms in total. The minimum atomic E-state index is -0.771. The van der Waals surface area contributed by atoms with Crippen LogP contribution in [0.25, 0.3) is 0 Å². The van der Waals surface area contributed by atoms with Crippen LogP contribution in [0, 0.1) is 12.8 Å². The minimum Gasteiger partial charge on any atom is -0.508 e. The molecule has 1 aromatic carbocycles. The topological polar surface area (TPSA) is 82.4 Å². The Labute approximate surface area is 203 Å². The summed E-state index contributed by atoms with van der Waals surface area (Å²) in [4.78, 5) is 17.1. The first-order chi connectivity index (χ1) is 15.4.